The Morgan fingerprint density at radius 1 is 1.38 bits per heavy atom. The number of benzene rings is 1. The number of nitrogen functional groups attached to an aromatic ring is 1. The van der Waals surface area contributed by atoms with Crippen molar-refractivity contribution in [2.75, 3.05) is 11.1 Å². The second kappa shape index (κ2) is 3.95. The number of aromatic nitrogens is 2. The van der Waals surface area contributed by atoms with Gasteiger partial charge in [-0.15, -0.1) is 0 Å². The first-order valence-corrected chi connectivity index (χ1v) is 4.77. The first-order valence-electron chi connectivity index (χ1n) is 4.77. The average Bonchev–Trinajstić information content (AvgIpc) is 2.56. The van der Waals surface area contributed by atoms with Crippen molar-refractivity contribution in [2.45, 2.75) is 0 Å². The molecule has 16 heavy (non-hydrogen) atoms. The largest absolute Gasteiger partial charge is 0.383 e. The summed E-state index contributed by atoms with van der Waals surface area (Å²) in [7, 11) is 1.70. The number of nitrogens with zero attached hydrogens (tertiary/aromatic N) is 3. The van der Waals surface area contributed by atoms with Crippen LogP contribution in [-0.4, -0.2) is 9.78 Å². The third kappa shape index (κ3) is 1.68. The monoisotopic (exact) mass is 213 g/mol. The van der Waals surface area contributed by atoms with Gasteiger partial charge < -0.3 is 11.1 Å². The van der Waals surface area contributed by atoms with Gasteiger partial charge in [-0.1, -0.05) is 18.2 Å². The minimum Gasteiger partial charge on any atom is -0.383 e. The van der Waals surface area contributed by atoms with E-state index in [9.17, 15) is 0 Å². The molecule has 1 aromatic carbocycles. The molecule has 0 radical (unpaired) electrons. The molecular formula is C11H11N5. The molecule has 0 saturated carbocycles. The fourth-order valence-corrected chi connectivity index (χ4v) is 1.39. The molecule has 0 fully saturated rings. The van der Waals surface area contributed by atoms with Crippen molar-refractivity contribution in [2.24, 2.45) is 7.05 Å². The normalized spacial score (nSPS) is 9.75. The first kappa shape index (κ1) is 10.1. The van der Waals surface area contributed by atoms with Gasteiger partial charge in [0.15, 0.2) is 5.82 Å². The molecule has 0 saturated heterocycles. The molecule has 5 heteroatoms. The molecule has 2 rings (SSSR count). The van der Waals surface area contributed by atoms with Gasteiger partial charge in [-0.2, -0.15) is 10.4 Å². The van der Waals surface area contributed by atoms with Crippen LogP contribution in [-0.2, 0) is 7.05 Å². The van der Waals surface area contributed by atoms with Gasteiger partial charge in [0.05, 0.1) is 0 Å². The van der Waals surface area contributed by atoms with Crippen molar-refractivity contribution >= 4 is 17.3 Å². The van der Waals surface area contributed by atoms with E-state index in [2.05, 4.69) is 10.4 Å². The van der Waals surface area contributed by atoms with Gasteiger partial charge in [0, 0.05) is 12.7 Å². The number of para-hydroxylation sites is 1. The van der Waals surface area contributed by atoms with Crippen LogP contribution in [0.15, 0.2) is 30.3 Å². The molecular weight excluding hydrogens is 202 g/mol. The number of aryl methyl sites for hydroxylation is 1. The van der Waals surface area contributed by atoms with Gasteiger partial charge in [0.2, 0.25) is 0 Å². The van der Waals surface area contributed by atoms with E-state index in [4.69, 9.17) is 11.0 Å². The minimum absolute atomic E-state index is 0.362. The number of nitriles is 1. The Bertz CT molecular complexity index is 535. The predicted octanol–water partition coefficient (Wildman–Crippen LogP) is 1.62. The molecule has 0 aliphatic heterocycles. The van der Waals surface area contributed by atoms with Gasteiger partial charge in [0.25, 0.3) is 0 Å². The van der Waals surface area contributed by atoms with Gasteiger partial charge in [-0.25, -0.2) is 4.68 Å². The van der Waals surface area contributed by atoms with Crippen molar-refractivity contribution in [3.63, 3.8) is 0 Å². The van der Waals surface area contributed by atoms with E-state index in [1.54, 1.807) is 7.05 Å². The topological polar surface area (TPSA) is 79.7 Å². The lowest BCUT2D eigenvalue weighted by Crippen LogP contribution is -1.98. The van der Waals surface area contributed by atoms with Crippen molar-refractivity contribution in [1.82, 2.24) is 9.78 Å². The molecule has 80 valence electrons. The summed E-state index contributed by atoms with van der Waals surface area (Å²) < 4.78 is 1.48. The summed E-state index contributed by atoms with van der Waals surface area (Å²) in [6.07, 6.45) is 0. The Morgan fingerprint density at radius 2 is 2.06 bits per heavy atom. The second-order valence-electron chi connectivity index (χ2n) is 3.34. The van der Waals surface area contributed by atoms with E-state index in [0.29, 0.717) is 17.2 Å². The van der Waals surface area contributed by atoms with Crippen molar-refractivity contribution in [3.05, 3.63) is 35.9 Å². The van der Waals surface area contributed by atoms with Crippen LogP contribution in [0.5, 0.6) is 0 Å². The summed E-state index contributed by atoms with van der Waals surface area (Å²) in [6, 6.07) is 11.6. The summed E-state index contributed by atoms with van der Waals surface area (Å²) in [4.78, 5) is 0. The summed E-state index contributed by atoms with van der Waals surface area (Å²) in [6.45, 7) is 0. The number of nitrogens with two attached hydrogens (primary N) is 1. The van der Waals surface area contributed by atoms with Crippen LogP contribution in [0.2, 0.25) is 0 Å². The summed E-state index contributed by atoms with van der Waals surface area (Å²) in [5.74, 6) is 0.842. The molecule has 5 nitrogen and oxygen atoms in total. The zero-order valence-corrected chi connectivity index (χ0v) is 8.81. The molecule has 1 heterocycles. The smallest absolute Gasteiger partial charge is 0.172 e. The molecule has 0 unspecified atom stereocenters. The molecule has 0 spiro atoms. The number of rotatable bonds is 2. The van der Waals surface area contributed by atoms with Gasteiger partial charge in [-0.05, 0) is 12.1 Å². The number of hydrogen-bond donors (Lipinski definition) is 2. The molecule has 0 atom stereocenters. The lowest BCUT2D eigenvalue weighted by molar-refractivity contribution is 0.782. The Labute approximate surface area is 93.1 Å². The van der Waals surface area contributed by atoms with Crippen LogP contribution in [0.4, 0.5) is 17.3 Å². The lowest BCUT2D eigenvalue weighted by Gasteiger charge is -2.01. The Morgan fingerprint density at radius 3 is 2.69 bits per heavy atom. The highest BCUT2D eigenvalue weighted by Crippen LogP contribution is 2.22. The molecule has 0 amide bonds. The molecule has 3 N–H and O–H groups in total. The fourth-order valence-electron chi connectivity index (χ4n) is 1.39. The lowest BCUT2D eigenvalue weighted by atomic mass is 10.3. The third-order valence-electron chi connectivity index (χ3n) is 2.24. The van der Waals surface area contributed by atoms with E-state index in [1.807, 2.05) is 36.4 Å². The molecule has 1 aromatic heterocycles. The molecule has 0 aliphatic carbocycles. The third-order valence-corrected chi connectivity index (χ3v) is 2.24. The van der Waals surface area contributed by atoms with Gasteiger partial charge in [0.1, 0.15) is 17.5 Å². The zero-order chi connectivity index (χ0) is 11.5. The van der Waals surface area contributed by atoms with E-state index in [1.165, 1.54) is 4.68 Å². The van der Waals surface area contributed by atoms with Crippen molar-refractivity contribution in [1.29, 1.82) is 5.26 Å². The number of hydrogen-bond acceptors (Lipinski definition) is 4. The molecule has 0 aliphatic rings. The van der Waals surface area contributed by atoms with Crippen LogP contribution in [0.3, 0.4) is 0 Å². The molecule has 2 aromatic rings. The molecule has 0 bridgehead atoms. The van der Waals surface area contributed by atoms with Crippen LogP contribution in [0, 0.1) is 11.3 Å². The number of anilines is 3. The van der Waals surface area contributed by atoms with Crippen LogP contribution in [0.25, 0.3) is 0 Å². The summed E-state index contributed by atoms with van der Waals surface area (Å²) in [5.41, 5.74) is 6.94. The quantitative estimate of drug-likeness (QED) is 0.794. The van der Waals surface area contributed by atoms with E-state index in [-0.39, 0.29) is 0 Å². The SMILES string of the molecule is Cn1nc(Nc2ccccc2)c(C#N)c1N. The minimum atomic E-state index is 0.362. The van der Waals surface area contributed by atoms with Crippen molar-refractivity contribution in [3.8, 4) is 6.07 Å². The van der Waals surface area contributed by atoms with Crippen molar-refractivity contribution < 1.29 is 0 Å². The van der Waals surface area contributed by atoms with Gasteiger partial charge >= 0.3 is 0 Å². The van der Waals surface area contributed by atoms with Crippen LogP contribution >= 0.6 is 0 Å². The average molecular weight is 213 g/mol. The zero-order valence-electron chi connectivity index (χ0n) is 8.81. The highest BCUT2D eigenvalue weighted by molar-refractivity contribution is 5.69. The van der Waals surface area contributed by atoms with E-state index < -0.39 is 0 Å². The maximum Gasteiger partial charge on any atom is 0.172 e. The summed E-state index contributed by atoms with van der Waals surface area (Å²) >= 11 is 0. The van der Waals surface area contributed by atoms with Crippen LogP contribution < -0.4 is 11.1 Å². The Kier molecular flexibility index (Phi) is 2.48. The maximum absolute atomic E-state index is 8.97. The van der Waals surface area contributed by atoms with E-state index >= 15 is 0 Å². The van der Waals surface area contributed by atoms with E-state index in [0.717, 1.165) is 5.69 Å². The van der Waals surface area contributed by atoms with Gasteiger partial charge in [-0.3, -0.25) is 0 Å². The first-order chi connectivity index (χ1) is 7.72. The second-order valence-corrected chi connectivity index (χ2v) is 3.34. The number of nitrogens with one attached hydrogen (secondary N) is 1. The Hall–Kier alpha value is -2.48. The fraction of sp³-hybridized carbons (Fsp3) is 0.0909. The maximum atomic E-state index is 8.97. The highest BCUT2D eigenvalue weighted by Gasteiger charge is 2.12. The van der Waals surface area contributed by atoms with Crippen LogP contribution in [0.1, 0.15) is 5.56 Å². The summed E-state index contributed by atoms with van der Waals surface area (Å²) in [5, 5.41) is 16.2. The standard InChI is InChI=1S/C11H11N5/c1-16-10(13)9(7-12)11(15-16)14-8-5-3-2-4-6-8/h2-6H,13H2,1H3,(H,14,15). The predicted molar refractivity (Wildman–Crippen MR) is 62.1 cm³/mol. The Balaban J connectivity index is 2.36. The highest BCUT2D eigenvalue weighted by atomic mass is 15.3.